The Balaban J connectivity index is 1.63. The van der Waals surface area contributed by atoms with Gasteiger partial charge in [-0.05, 0) is 50.7 Å². The molecule has 1 aliphatic heterocycles. The number of amides is 2. The molecule has 1 fully saturated rings. The van der Waals surface area contributed by atoms with Crippen LogP contribution in [0.3, 0.4) is 0 Å². The number of ether oxygens (including phenoxy) is 1. The summed E-state index contributed by atoms with van der Waals surface area (Å²) in [5, 5.41) is 2.84. The molecule has 6 heteroatoms. The highest BCUT2D eigenvalue weighted by atomic mass is 16.5. The average Bonchev–Trinajstić information content (AvgIpc) is 2.70. The predicted molar refractivity (Wildman–Crippen MR) is 110 cm³/mol. The zero-order chi connectivity index (χ0) is 20.1. The summed E-state index contributed by atoms with van der Waals surface area (Å²) in [5.41, 5.74) is 2.14. The summed E-state index contributed by atoms with van der Waals surface area (Å²) in [6, 6.07) is 14.6. The predicted octanol–water partition coefficient (Wildman–Crippen LogP) is 2.79. The lowest BCUT2D eigenvalue weighted by molar-refractivity contribution is -0.122. The maximum atomic E-state index is 12.7. The summed E-state index contributed by atoms with van der Waals surface area (Å²) in [5.74, 6) is 0.421. The van der Waals surface area contributed by atoms with Crippen molar-refractivity contribution in [2.75, 3.05) is 38.5 Å². The number of anilines is 1. The first-order valence-electron chi connectivity index (χ1n) is 9.55. The minimum atomic E-state index is -0.655. The van der Waals surface area contributed by atoms with Crippen LogP contribution in [-0.2, 0) is 4.79 Å². The third-order valence-electron chi connectivity index (χ3n) is 4.93. The van der Waals surface area contributed by atoms with Gasteiger partial charge in [0.25, 0.3) is 11.8 Å². The van der Waals surface area contributed by atoms with E-state index in [2.05, 4.69) is 17.3 Å². The molecule has 1 aliphatic rings. The van der Waals surface area contributed by atoms with Gasteiger partial charge in [-0.2, -0.15) is 0 Å². The average molecular weight is 381 g/mol. The van der Waals surface area contributed by atoms with Crippen LogP contribution in [0.25, 0.3) is 0 Å². The van der Waals surface area contributed by atoms with Crippen molar-refractivity contribution in [2.45, 2.75) is 20.0 Å². The molecule has 0 bridgehead atoms. The molecule has 0 aromatic heterocycles. The molecule has 28 heavy (non-hydrogen) atoms. The summed E-state index contributed by atoms with van der Waals surface area (Å²) < 4.78 is 5.77. The molecule has 1 atom stereocenters. The van der Waals surface area contributed by atoms with Crippen LogP contribution in [0, 0.1) is 6.92 Å². The summed E-state index contributed by atoms with van der Waals surface area (Å²) in [4.78, 5) is 29.3. The molecule has 2 aromatic carbocycles. The van der Waals surface area contributed by atoms with E-state index in [0.29, 0.717) is 30.1 Å². The topological polar surface area (TPSA) is 61.9 Å². The molecular weight excluding hydrogens is 354 g/mol. The number of nitrogens with one attached hydrogen (secondary N) is 1. The highest BCUT2D eigenvalue weighted by molar-refractivity contribution is 5.98. The number of aryl methyl sites for hydroxylation is 1. The quantitative estimate of drug-likeness (QED) is 0.865. The van der Waals surface area contributed by atoms with E-state index in [4.69, 9.17) is 4.74 Å². The van der Waals surface area contributed by atoms with Crippen molar-refractivity contribution in [3.05, 3.63) is 59.7 Å². The first-order valence-corrected chi connectivity index (χ1v) is 9.55. The van der Waals surface area contributed by atoms with E-state index in [1.165, 1.54) is 0 Å². The molecule has 1 heterocycles. The number of para-hydroxylation sites is 1. The fourth-order valence-electron chi connectivity index (χ4n) is 3.10. The lowest BCUT2D eigenvalue weighted by atomic mass is 10.1. The summed E-state index contributed by atoms with van der Waals surface area (Å²) in [6.07, 6.45) is -0.655. The second kappa shape index (κ2) is 8.89. The number of hydrogen-bond acceptors (Lipinski definition) is 4. The molecule has 0 spiro atoms. The molecular formula is C22H27N3O3. The van der Waals surface area contributed by atoms with Crippen LogP contribution < -0.4 is 10.1 Å². The Kier molecular flexibility index (Phi) is 6.31. The summed E-state index contributed by atoms with van der Waals surface area (Å²) in [7, 11) is 2.05. The van der Waals surface area contributed by atoms with Crippen molar-refractivity contribution in [2.24, 2.45) is 0 Å². The molecule has 2 aromatic rings. The summed E-state index contributed by atoms with van der Waals surface area (Å²) >= 11 is 0. The van der Waals surface area contributed by atoms with Crippen LogP contribution in [0.2, 0.25) is 0 Å². The number of carbonyl (C=O) groups excluding carboxylic acids is 2. The van der Waals surface area contributed by atoms with Gasteiger partial charge in [0.2, 0.25) is 0 Å². The standard InChI is InChI=1S/C22H27N3O3/c1-16-7-4-5-10-20(16)28-17(2)21(26)23-19-9-6-8-18(15-19)22(27)25-13-11-24(3)12-14-25/h4-10,15,17H,11-14H2,1-3H3,(H,23,26). The second-order valence-electron chi connectivity index (χ2n) is 7.19. The van der Waals surface area contributed by atoms with Crippen LogP contribution in [0.15, 0.2) is 48.5 Å². The largest absolute Gasteiger partial charge is 0.481 e. The van der Waals surface area contributed by atoms with Gasteiger partial charge in [0, 0.05) is 37.4 Å². The SMILES string of the molecule is Cc1ccccc1OC(C)C(=O)Nc1cccc(C(=O)N2CCN(C)CC2)c1. The van der Waals surface area contributed by atoms with Gasteiger partial charge < -0.3 is 19.9 Å². The molecule has 6 nitrogen and oxygen atoms in total. The van der Waals surface area contributed by atoms with Crippen molar-refractivity contribution in [3.8, 4) is 5.75 Å². The number of rotatable bonds is 5. The molecule has 1 unspecified atom stereocenters. The summed E-state index contributed by atoms with van der Waals surface area (Å²) in [6.45, 7) is 6.82. The molecule has 0 saturated carbocycles. The third kappa shape index (κ3) is 4.89. The molecule has 0 aliphatic carbocycles. The molecule has 148 valence electrons. The minimum Gasteiger partial charge on any atom is -0.481 e. The van der Waals surface area contributed by atoms with Gasteiger partial charge in [0.15, 0.2) is 6.10 Å². The highest BCUT2D eigenvalue weighted by Gasteiger charge is 2.21. The van der Waals surface area contributed by atoms with Crippen LogP contribution in [0.1, 0.15) is 22.8 Å². The molecule has 1 saturated heterocycles. The van der Waals surface area contributed by atoms with Crippen LogP contribution in [0.4, 0.5) is 5.69 Å². The highest BCUT2D eigenvalue weighted by Crippen LogP contribution is 2.19. The Labute approximate surface area is 166 Å². The number of piperazine rings is 1. The van der Waals surface area contributed by atoms with Crippen molar-refractivity contribution in [1.29, 1.82) is 0 Å². The van der Waals surface area contributed by atoms with Crippen LogP contribution in [0.5, 0.6) is 5.75 Å². The van der Waals surface area contributed by atoms with Gasteiger partial charge in [-0.25, -0.2) is 0 Å². The Morgan fingerprint density at radius 3 is 2.46 bits per heavy atom. The Hall–Kier alpha value is -2.86. The van der Waals surface area contributed by atoms with Gasteiger partial charge in [-0.1, -0.05) is 24.3 Å². The minimum absolute atomic E-state index is 0.00610. The molecule has 3 rings (SSSR count). The Morgan fingerprint density at radius 2 is 1.75 bits per heavy atom. The third-order valence-corrected chi connectivity index (χ3v) is 4.93. The van der Waals surface area contributed by atoms with E-state index in [9.17, 15) is 9.59 Å². The molecule has 2 amide bonds. The van der Waals surface area contributed by atoms with Crippen molar-refractivity contribution in [3.63, 3.8) is 0 Å². The zero-order valence-electron chi connectivity index (χ0n) is 16.6. The van der Waals surface area contributed by atoms with Gasteiger partial charge in [0.1, 0.15) is 5.75 Å². The van der Waals surface area contributed by atoms with E-state index in [1.54, 1.807) is 31.2 Å². The number of nitrogens with zero attached hydrogens (tertiary/aromatic N) is 2. The maximum Gasteiger partial charge on any atom is 0.265 e. The lowest BCUT2D eigenvalue weighted by Gasteiger charge is -2.32. The van der Waals surface area contributed by atoms with E-state index in [0.717, 1.165) is 18.7 Å². The van der Waals surface area contributed by atoms with E-state index >= 15 is 0 Å². The van der Waals surface area contributed by atoms with Gasteiger partial charge >= 0.3 is 0 Å². The smallest absolute Gasteiger partial charge is 0.265 e. The Morgan fingerprint density at radius 1 is 1.04 bits per heavy atom. The van der Waals surface area contributed by atoms with Crippen LogP contribution >= 0.6 is 0 Å². The second-order valence-corrected chi connectivity index (χ2v) is 7.19. The van der Waals surface area contributed by atoms with Crippen LogP contribution in [-0.4, -0.2) is 60.9 Å². The van der Waals surface area contributed by atoms with Gasteiger partial charge in [-0.3, -0.25) is 9.59 Å². The zero-order valence-corrected chi connectivity index (χ0v) is 16.6. The number of hydrogen-bond donors (Lipinski definition) is 1. The number of benzene rings is 2. The Bertz CT molecular complexity index is 844. The molecule has 0 radical (unpaired) electrons. The van der Waals surface area contributed by atoms with Crippen molar-refractivity contribution >= 4 is 17.5 Å². The lowest BCUT2D eigenvalue weighted by Crippen LogP contribution is -2.47. The monoisotopic (exact) mass is 381 g/mol. The van der Waals surface area contributed by atoms with Gasteiger partial charge in [0.05, 0.1) is 0 Å². The fraction of sp³-hybridized carbons (Fsp3) is 0.364. The maximum absolute atomic E-state index is 12.7. The normalized spacial score (nSPS) is 15.8. The fourth-order valence-corrected chi connectivity index (χ4v) is 3.10. The molecule has 1 N–H and O–H groups in total. The number of carbonyl (C=O) groups is 2. The first kappa shape index (κ1) is 19.9. The first-order chi connectivity index (χ1) is 13.4. The number of likely N-dealkylation sites (N-methyl/N-ethyl adjacent to an activating group) is 1. The van der Waals surface area contributed by atoms with E-state index < -0.39 is 6.10 Å². The van der Waals surface area contributed by atoms with E-state index in [1.807, 2.05) is 36.1 Å². The van der Waals surface area contributed by atoms with Crippen molar-refractivity contribution < 1.29 is 14.3 Å². The van der Waals surface area contributed by atoms with Crippen molar-refractivity contribution in [1.82, 2.24) is 9.80 Å². The van der Waals surface area contributed by atoms with Gasteiger partial charge in [-0.15, -0.1) is 0 Å². The van der Waals surface area contributed by atoms with E-state index in [-0.39, 0.29) is 11.8 Å².